The summed E-state index contributed by atoms with van der Waals surface area (Å²) >= 11 is 0. The molecule has 0 atom stereocenters. The number of ether oxygens (including phenoxy) is 1. The molecule has 0 aliphatic heterocycles. The molecule has 0 bridgehead atoms. The molecule has 1 rings (SSSR count). The van der Waals surface area contributed by atoms with Gasteiger partial charge in [-0.1, -0.05) is 0 Å². The van der Waals surface area contributed by atoms with E-state index in [0.717, 1.165) is 12.1 Å². The number of hydrogen-bond acceptors (Lipinski definition) is 5. The second kappa shape index (κ2) is 7.27. The van der Waals surface area contributed by atoms with Crippen molar-refractivity contribution in [2.75, 3.05) is 6.61 Å². The van der Waals surface area contributed by atoms with Gasteiger partial charge in [-0.3, -0.25) is 20.3 Å². The summed E-state index contributed by atoms with van der Waals surface area (Å²) in [6, 6.07) is 3.34. The molecule has 19 heavy (non-hydrogen) atoms. The van der Waals surface area contributed by atoms with Crippen molar-refractivity contribution < 1.29 is 18.8 Å². The van der Waals surface area contributed by atoms with Gasteiger partial charge in [-0.05, 0) is 18.9 Å². The molecule has 0 aliphatic carbocycles. The van der Waals surface area contributed by atoms with Gasteiger partial charge >= 0.3 is 5.69 Å². The molecular formula is C11H14FN3O4. The molecule has 0 aromatic heterocycles. The van der Waals surface area contributed by atoms with Gasteiger partial charge in [0.2, 0.25) is 11.7 Å². The minimum Gasteiger partial charge on any atom is -0.493 e. The predicted molar refractivity (Wildman–Crippen MR) is 64.7 cm³/mol. The van der Waals surface area contributed by atoms with E-state index in [0.29, 0.717) is 12.8 Å². The maximum Gasteiger partial charge on any atom is 0.305 e. The van der Waals surface area contributed by atoms with Crippen LogP contribution in [0.4, 0.5) is 10.1 Å². The second-order valence-corrected chi connectivity index (χ2v) is 3.74. The van der Waals surface area contributed by atoms with Crippen molar-refractivity contribution in [3.8, 4) is 5.75 Å². The Labute approximate surface area is 108 Å². The summed E-state index contributed by atoms with van der Waals surface area (Å²) in [6.45, 7) is 0.287. The molecule has 0 unspecified atom stereocenters. The van der Waals surface area contributed by atoms with Crippen LogP contribution < -0.4 is 16.0 Å². The lowest BCUT2D eigenvalue weighted by Crippen LogP contribution is -2.29. The Morgan fingerprint density at radius 1 is 1.47 bits per heavy atom. The summed E-state index contributed by atoms with van der Waals surface area (Å²) in [5.74, 6) is 3.92. The molecule has 1 amide bonds. The number of nitro benzene ring substituents is 1. The van der Waals surface area contributed by atoms with Crippen molar-refractivity contribution >= 4 is 11.6 Å². The molecule has 1 aromatic carbocycles. The van der Waals surface area contributed by atoms with Crippen LogP contribution in [0.15, 0.2) is 18.2 Å². The number of rotatable bonds is 7. The Balaban J connectivity index is 2.36. The fraction of sp³-hybridized carbons (Fsp3) is 0.364. The first-order valence-corrected chi connectivity index (χ1v) is 5.60. The summed E-state index contributed by atoms with van der Waals surface area (Å²) < 4.78 is 18.5. The third-order valence-electron chi connectivity index (χ3n) is 2.34. The Bertz CT molecular complexity index is 467. The number of nitrogens with zero attached hydrogens (tertiary/aromatic N) is 1. The summed E-state index contributed by atoms with van der Waals surface area (Å²) in [7, 11) is 0. The topological polar surface area (TPSA) is 107 Å². The number of hydrogen-bond donors (Lipinski definition) is 2. The number of unbranched alkanes of at least 4 members (excludes halogenated alkanes) is 1. The van der Waals surface area contributed by atoms with Gasteiger partial charge in [-0.2, -0.15) is 4.39 Å². The Hall–Kier alpha value is -2.22. The van der Waals surface area contributed by atoms with E-state index in [4.69, 9.17) is 10.6 Å². The number of carbonyl (C=O) groups excluding carboxylic acids is 1. The molecule has 3 N–H and O–H groups in total. The van der Waals surface area contributed by atoms with Crippen LogP contribution >= 0.6 is 0 Å². The molecule has 0 aliphatic rings. The number of benzene rings is 1. The third kappa shape index (κ3) is 4.88. The Morgan fingerprint density at radius 3 is 2.79 bits per heavy atom. The van der Waals surface area contributed by atoms with Crippen molar-refractivity contribution in [1.82, 2.24) is 5.43 Å². The minimum absolute atomic E-state index is 0.214. The van der Waals surface area contributed by atoms with Crippen molar-refractivity contribution in [1.29, 1.82) is 0 Å². The molecule has 0 spiro atoms. The quantitative estimate of drug-likeness (QED) is 0.255. The van der Waals surface area contributed by atoms with Crippen LogP contribution in [0.2, 0.25) is 0 Å². The zero-order chi connectivity index (χ0) is 14.3. The highest BCUT2D eigenvalue weighted by Gasteiger charge is 2.14. The number of nitro groups is 1. The van der Waals surface area contributed by atoms with Crippen LogP contribution in [-0.2, 0) is 4.79 Å². The first-order valence-electron chi connectivity index (χ1n) is 5.60. The van der Waals surface area contributed by atoms with E-state index in [9.17, 15) is 19.3 Å². The Kier molecular flexibility index (Phi) is 5.68. The summed E-state index contributed by atoms with van der Waals surface area (Å²) in [4.78, 5) is 20.4. The number of amides is 1. The average Bonchev–Trinajstić information content (AvgIpc) is 2.37. The van der Waals surface area contributed by atoms with Gasteiger partial charge in [-0.15, -0.1) is 0 Å². The van der Waals surface area contributed by atoms with Gasteiger partial charge in [0.1, 0.15) is 5.75 Å². The van der Waals surface area contributed by atoms with Gasteiger partial charge in [0.25, 0.3) is 0 Å². The largest absolute Gasteiger partial charge is 0.493 e. The van der Waals surface area contributed by atoms with Crippen LogP contribution in [0, 0.1) is 15.9 Å². The molecule has 0 saturated carbocycles. The van der Waals surface area contributed by atoms with Crippen LogP contribution in [0.25, 0.3) is 0 Å². The number of hydrazine groups is 1. The number of nitrogens with two attached hydrogens (primary N) is 1. The normalized spacial score (nSPS) is 10.0. The highest BCUT2D eigenvalue weighted by molar-refractivity contribution is 5.75. The lowest BCUT2D eigenvalue weighted by molar-refractivity contribution is -0.387. The van der Waals surface area contributed by atoms with Crippen molar-refractivity contribution in [2.45, 2.75) is 19.3 Å². The number of carbonyl (C=O) groups is 1. The first kappa shape index (κ1) is 14.8. The van der Waals surface area contributed by atoms with Gasteiger partial charge < -0.3 is 4.74 Å². The van der Waals surface area contributed by atoms with E-state index < -0.39 is 16.4 Å². The average molecular weight is 271 g/mol. The van der Waals surface area contributed by atoms with Crippen LogP contribution in [0.1, 0.15) is 19.3 Å². The molecule has 104 valence electrons. The maximum atomic E-state index is 13.2. The smallest absolute Gasteiger partial charge is 0.305 e. The molecule has 8 heteroatoms. The minimum atomic E-state index is -0.940. The molecular weight excluding hydrogens is 257 g/mol. The molecule has 1 aromatic rings. The van der Waals surface area contributed by atoms with Crippen LogP contribution in [0.5, 0.6) is 5.75 Å². The number of halogens is 1. The lowest BCUT2D eigenvalue weighted by atomic mass is 10.2. The molecule has 0 saturated heterocycles. The van der Waals surface area contributed by atoms with Crippen LogP contribution in [0.3, 0.4) is 0 Å². The van der Waals surface area contributed by atoms with E-state index in [1.807, 2.05) is 5.43 Å². The summed E-state index contributed by atoms with van der Waals surface area (Å²) in [5.41, 5.74) is 1.41. The van der Waals surface area contributed by atoms with E-state index in [1.165, 1.54) is 6.07 Å². The first-order chi connectivity index (χ1) is 9.04. The highest BCUT2D eigenvalue weighted by Crippen LogP contribution is 2.22. The van der Waals surface area contributed by atoms with E-state index in [1.54, 1.807) is 0 Å². The summed E-state index contributed by atoms with van der Waals surface area (Å²) in [6.07, 6.45) is 1.46. The fourth-order valence-corrected chi connectivity index (χ4v) is 1.38. The third-order valence-corrected chi connectivity index (χ3v) is 2.34. The molecule has 0 radical (unpaired) electrons. The van der Waals surface area contributed by atoms with E-state index >= 15 is 0 Å². The SMILES string of the molecule is NNC(=O)CCCCOc1ccc([N+](=O)[O-])c(F)c1. The zero-order valence-electron chi connectivity index (χ0n) is 10.1. The number of nitrogens with one attached hydrogen (secondary N) is 1. The van der Waals surface area contributed by atoms with Gasteiger partial charge in [-0.25, -0.2) is 5.84 Å². The van der Waals surface area contributed by atoms with Crippen molar-refractivity contribution in [3.63, 3.8) is 0 Å². The van der Waals surface area contributed by atoms with E-state index in [2.05, 4.69) is 0 Å². The predicted octanol–water partition coefficient (Wildman–Crippen LogP) is 1.27. The van der Waals surface area contributed by atoms with Crippen LogP contribution in [-0.4, -0.2) is 17.4 Å². The highest BCUT2D eigenvalue weighted by atomic mass is 19.1. The fourth-order valence-electron chi connectivity index (χ4n) is 1.38. The zero-order valence-corrected chi connectivity index (χ0v) is 10.1. The molecule has 0 heterocycles. The molecule has 7 nitrogen and oxygen atoms in total. The second-order valence-electron chi connectivity index (χ2n) is 3.74. The van der Waals surface area contributed by atoms with Gasteiger partial charge in [0.15, 0.2) is 0 Å². The van der Waals surface area contributed by atoms with Gasteiger partial charge in [0.05, 0.1) is 11.5 Å². The monoisotopic (exact) mass is 271 g/mol. The van der Waals surface area contributed by atoms with Gasteiger partial charge in [0, 0.05) is 18.6 Å². The molecule has 0 fully saturated rings. The lowest BCUT2D eigenvalue weighted by Gasteiger charge is -2.06. The maximum absolute atomic E-state index is 13.2. The summed E-state index contributed by atoms with van der Waals surface area (Å²) in [5, 5.41) is 10.4. The van der Waals surface area contributed by atoms with Crippen molar-refractivity contribution in [2.24, 2.45) is 5.84 Å². The standard InChI is InChI=1S/C11H14FN3O4/c12-9-7-8(4-5-10(9)15(17)18)19-6-2-1-3-11(16)14-13/h4-5,7H,1-3,6,13H2,(H,14,16). The Morgan fingerprint density at radius 2 is 2.21 bits per heavy atom. The van der Waals surface area contributed by atoms with E-state index in [-0.39, 0.29) is 24.7 Å². The van der Waals surface area contributed by atoms with Crippen molar-refractivity contribution in [3.05, 3.63) is 34.1 Å².